The molecule has 2 N–H and O–H groups in total. The molecule has 2 fully saturated rings. The van der Waals surface area contributed by atoms with E-state index >= 15 is 0 Å². The normalized spacial score (nSPS) is 20.9. The van der Waals surface area contributed by atoms with Crippen LogP contribution in [0.1, 0.15) is 58.0 Å². The molecule has 0 aliphatic carbocycles. The molecule has 31 heavy (non-hydrogen) atoms. The fourth-order valence-corrected chi connectivity index (χ4v) is 4.92. The predicted molar refractivity (Wildman–Crippen MR) is 118 cm³/mol. The summed E-state index contributed by atoms with van der Waals surface area (Å²) >= 11 is 0. The summed E-state index contributed by atoms with van der Waals surface area (Å²) in [7, 11) is 0. The van der Waals surface area contributed by atoms with Gasteiger partial charge in [-0.25, -0.2) is 0 Å². The molecule has 0 saturated carbocycles. The van der Waals surface area contributed by atoms with Crippen molar-refractivity contribution in [3.63, 3.8) is 0 Å². The van der Waals surface area contributed by atoms with E-state index in [4.69, 9.17) is 10.3 Å². The van der Waals surface area contributed by atoms with Crippen LogP contribution in [-0.4, -0.2) is 59.5 Å². The molecule has 1 radical (unpaired) electrons. The van der Waals surface area contributed by atoms with E-state index in [9.17, 15) is 9.59 Å². The summed E-state index contributed by atoms with van der Waals surface area (Å²) in [4.78, 5) is 29.0. The fourth-order valence-electron chi connectivity index (χ4n) is 4.92. The molecule has 4 rings (SSSR count). The van der Waals surface area contributed by atoms with E-state index in [0.29, 0.717) is 41.6 Å². The summed E-state index contributed by atoms with van der Waals surface area (Å²) in [5.74, 6) is 1.44. The number of nitrogens with zero attached hydrogens (tertiary/aromatic N) is 3. The number of aromatic nitrogens is 1. The molecule has 1 aromatic carbocycles. The van der Waals surface area contributed by atoms with E-state index in [0.717, 1.165) is 50.4 Å². The minimum absolute atomic E-state index is 0.0820. The Bertz CT molecular complexity index is 919. The molecule has 2 amide bonds. The van der Waals surface area contributed by atoms with E-state index < -0.39 is 5.91 Å². The minimum atomic E-state index is -0.398. The van der Waals surface area contributed by atoms with Crippen LogP contribution in [0.5, 0.6) is 0 Å². The molecule has 2 aliphatic heterocycles. The Morgan fingerprint density at radius 1 is 1.16 bits per heavy atom. The van der Waals surface area contributed by atoms with Crippen molar-refractivity contribution in [1.82, 2.24) is 15.0 Å². The van der Waals surface area contributed by atoms with E-state index in [2.05, 4.69) is 16.5 Å². The van der Waals surface area contributed by atoms with Crippen LogP contribution in [0.3, 0.4) is 0 Å². The van der Waals surface area contributed by atoms with Crippen molar-refractivity contribution in [2.24, 2.45) is 17.6 Å². The maximum atomic E-state index is 13.2. The molecular weight excluding hydrogens is 392 g/mol. The number of rotatable bonds is 8. The van der Waals surface area contributed by atoms with Gasteiger partial charge in [0, 0.05) is 38.2 Å². The van der Waals surface area contributed by atoms with Crippen LogP contribution in [-0.2, 0) is 12.8 Å². The Hall–Kier alpha value is -2.67. The summed E-state index contributed by atoms with van der Waals surface area (Å²) in [5.41, 5.74) is 8.39. The summed E-state index contributed by atoms with van der Waals surface area (Å²) in [5, 5.41) is 4.10. The topological polar surface area (TPSA) is 92.7 Å². The van der Waals surface area contributed by atoms with Gasteiger partial charge in [-0.3, -0.25) is 9.59 Å². The van der Waals surface area contributed by atoms with Crippen molar-refractivity contribution in [3.8, 4) is 0 Å². The number of nitrogens with two attached hydrogens (primary N) is 1. The Kier molecular flexibility index (Phi) is 6.41. The zero-order valence-electron chi connectivity index (χ0n) is 18.3. The Morgan fingerprint density at radius 3 is 2.55 bits per heavy atom. The highest BCUT2D eigenvalue weighted by Gasteiger charge is 2.42. The maximum absolute atomic E-state index is 13.2. The first-order valence-electron chi connectivity index (χ1n) is 11.2. The highest BCUT2D eigenvalue weighted by atomic mass is 16.5. The molecule has 2 aromatic rings. The average Bonchev–Trinajstić information content (AvgIpc) is 3.46. The quantitative estimate of drug-likeness (QED) is 0.704. The molecule has 1 aromatic heterocycles. The molecule has 7 nitrogen and oxygen atoms in total. The molecule has 165 valence electrons. The monoisotopic (exact) mass is 423 g/mol. The zero-order chi connectivity index (χ0) is 22.0. The van der Waals surface area contributed by atoms with Gasteiger partial charge < -0.3 is 20.1 Å². The van der Waals surface area contributed by atoms with Gasteiger partial charge in [-0.2, -0.15) is 0 Å². The second-order valence-electron chi connectivity index (χ2n) is 8.61. The summed E-state index contributed by atoms with van der Waals surface area (Å²) in [6.07, 6.45) is 4.46. The predicted octanol–water partition coefficient (Wildman–Crippen LogP) is 2.54. The maximum Gasteiger partial charge on any atom is 0.259 e. The summed E-state index contributed by atoms with van der Waals surface area (Å²) < 4.78 is 5.39. The highest BCUT2D eigenvalue weighted by Crippen LogP contribution is 2.33. The minimum Gasteiger partial charge on any atom is -0.366 e. The third-order valence-corrected chi connectivity index (χ3v) is 6.55. The number of hydrogen-bond acceptors (Lipinski definition) is 5. The molecule has 0 bridgehead atoms. The summed E-state index contributed by atoms with van der Waals surface area (Å²) in [6, 6.07) is 7.43. The third-order valence-electron chi connectivity index (χ3n) is 6.55. The largest absolute Gasteiger partial charge is 0.366 e. The zero-order valence-corrected chi connectivity index (χ0v) is 18.3. The van der Waals surface area contributed by atoms with Crippen molar-refractivity contribution in [3.05, 3.63) is 58.8 Å². The summed E-state index contributed by atoms with van der Waals surface area (Å²) in [6.45, 7) is 8.64. The van der Waals surface area contributed by atoms with Crippen molar-refractivity contribution in [1.29, 1.82) is 0 Å². The smallest absolute Gasteiger partial charge is 0.259 e. The molecule has 3 heterocycles. The van der Waals surface area contributed by atoms with Crippen LogP contribution >= 0.6 is 0 Å². The van der Waals surface area contributed by atoms with Crippen LogP contribution in [0.4, 0.5) is 0 Å². The van der Waals surface area contributed by atoms with Crippen LogP contribution in [0, 0.1) is 18.3 Å². The van der Waals surface area contributed by atoms with Crippen molar-refractivity contribution < 1.29 is 14.1 Å². The van der Waals surface area contributed by atoms with Crippen molar-refractivity contribution in [2.75, 3.05) is 32.7 Å². The number of primary amides is 1. The van der Waals surface area contributed by atoms with Gasteiger partial charge in [0.05, 0.1) is 5.69 Å². The first-order chi connectivity index (χ1) is 15.0. The van der Waals surface area contributed by atoms with Gasteiger partial charge >= 0.3 is 0 Å². The molecular formula is C24H31N4O3. The molecule has 2 aliphatic rings. The number of amides is 2. The Morgan fingerprint density at radius 2 is 1.90 bits per heavy atom. The van der Waals surface area contributed by atoms with Crippen LogP contribution in [0.15, 0.2) is 28.8 Å². The molecule has 2 saturated heterocycles. The van der Waals surface area contributed by atoms with Gasteiger partial charge in [0.25, 0.3) is 5.91 Å². The molecule has 2 unspecified atom stereocenters. The van der Waals surface area contributed by atoms with E-state index in [-0.39, 0.29) is 5.91 Å². The lowest BCUT2D eigenvalue weighted by molar-refractivity contribution is 0.0770. The second-order valence-corrected chi connectivity index (χ2v) is 8.61. The van der Waals surface area contributed by atoms with Crippen LogP contribution in [0.25, 0.3) is 0 Å². The first kappa shape index (κ1) is 21.6. The van der Waals surface area contributed by atoms with Gasteiger partial charge in [0.2, 0.25) is 5.91 Å². The SMILES string of the molecule is CCc1noc(CC)c1C(=O)N1CC2CN(CC[CH]c3cccc(C(N)=O)c3)CC2C1. The number of benzene rings is 1. The standard InChI is InChI=1S/C24H31N4O3/c1-3-20-22(21(4-2)31-26-20)24(30)28-14-18-12-27(13-19(18)15-28)10-6-8-16-7-5-9-17(11-16)23(25)29/h5,7-9,11,18-19H,3-4,6,10,12-15H2,1-2H3,(H2,25,29). The van der Waals surface area contributed by atoms with Gasteiger partial charge in [-0.05, 0) is 55.3 Å². The number of aryl methyl sites for hydroxylation is 2. The van der Waals surface area contributed by atoms with Crippen LogP contribution < -0.4 is 5.73 Å². The Labute approximate surface area is 183 Å². The lowest BCUT2D eigenvalue weighted by atomic mass is 10.0. The second kappa shape index (κ2) is 9.22. The average molecular weight is 424 g/mol. The van der Waals surface area contributed by atoms with E-state index in [1.54, 1.807) is 6.07 Å². The van der Waals surface area contributed by atoms with Gasteiger partial charge in [-0.15, -0.1) is 0 Å². The number of fused-ring (bicyclic) bond motifs is 1. The first-order valence-corrected chi connectivity index (χ1v) is 11.2. The molecule has 0 spiro atoms. The number of likely N-dealkylation sites (tertiary alicyclic amines) is 2. The van der Waals surface area contributed by atoms with Crippen molar-refractivity contribution >= 4 is 11.8 Å². The van der Waals surface area contributed by atoms with Gasteiger partial charge in [0.15, 0.2) is 0 Å². The van der Waals surface area contributed by atoms with Gasteiger partial charge in [-0.1, -0.05) is 31.1 Å². The fraction of sp³-hybridized carbons (Fsp3) is 0.500. The molecule has 7 heteroatoms. The number of carbonyl (C=O) groups excluding carboxylic acids is 2. The van der Waals surface area contributed by atoms with E-state index in [1.807, 2.05) is 36.9 Å². The van der Waals surface area contributed by atoms with Gasteiger partial charge in [0.1, 0.15) is 11.3 Å². The molecule has 2 atom stereocenters. The van der Waals surface area contributed by atoms with E-state index in [1.165, 1.54) is 0 Å². The number of carbonyl (C=O) groups is 2. The third kappa shape index (κ3) is 4.51. The Balaban J connectivity index is 1.28. The van der Waals surface area contributed by atoms with Crippen LogP contribution in [0.2, 0.25) is 0 Å². The highest BCUT2D eigenvalue weighted by molar-refractivity contribution is 5.96. The lowest BCUT2D eigenvalue weighted by Crippen LogP contribution is -2.34. The van der Waals surface area contributed by atoms with Crippen molar-refractivity contribution in [2.45, 2.75) is 33.1 Å². The number of hydrogen-bond donors (Lipinski definition) is 1. The lowest BCUT2D eigenvalue weighted by Gasteiger charge is -2.21.